The van der Waals surface area contributed by atoms with Crippen LogP contribution in [0, 0.1) is 0 Å². The van der Waals surface area contributed by atoms with Crippen LogP contribution in [0.25, 0.3) is 0 Å². The van der Waals surface area contributed by atoms with Crippen molar-refractivity contribution in [1.82, 2.24) is 4.98 Å². The maximum Gasteiger partial charge on any atom is 0.342 e. The van der Waals surface area contributed by atoms with Crippen LogP contribution in [0.3, 0.4) is 0 Å². The van der Waals surface area contributed by atoms with Crippen molar-refractivity contribution >= 4 is 43.6 Å². The van der Waals surface area contributed by atoms with Crippen molar-refractivity contribution in [2.75, 3.05) is 6.61 Å². The molecule has 1 aromatic carbocycles. The van der Waals surface area contributed by atoms with Gasteiger partial charge in [0.25, 0.3) is 0 Å². The second-order valence-electron chi connectivity index (χ2n) is 4.22. The van der Waals surface area contributed by atoms with Gasteiger partial charge in [0.1, 0.15) is 10.6 Å². The molecule has 9 heteroatoms. The zero-order chi connectivity index (χ0) is 17.0. The molecule has 0 atom stereocenters. The van der Waals surface area contributed by atoms with Crippen molar-refractivity contribution in [3.63, 3.8) is 0 Å². The molecule has 2 rings (SSSR count). The molecule has 0 saturated carbocycles. The highest BCUT2D eigenvalue weighted by Gasteiger charge is 2.22. The van der Waals surface area contributed by atoms with Crippen molar-refractivity contribution in [2.24, 2.45) is 0 Å². The number of benzene rings is 1. The Morgan fingerprint density at radius 3 is 2.57 bits per heavy atom. The third kappa shape index (κ3) is 4.43. The number of aromatic nitrogens is 1. The summed E-state index contributed by atoms with van der Waals surface area (Å²) in [5, 5.41) is -0.198. The van der Waals surface area contributed by atoms with Crippen LogP contribution >= 0.6 is 27.5 Å². The van der Waals surface area contributed by atoms with Crippen LogP contribution in [-0.4, -0.2) is 26.0 Å². The number of esters is 1. The minimum atomic E-state index is -4.15. The average Bonchev–Trinajstić information content (AvgIpc) is 2.50. The van der Waals surface area contributed by atoms with Crippen molar-refractivity contribution in [1.29, 1.82) is 0 Å². The van der Waals surface area contributed by atoms with Crippen LogP contribution in [0.4, 0.5) is 0 Å². The molecule has 1 heterocycles. The largest absolute Gasteiger partial charge is 0.462 e. The van der Waals surface area contributed by atoms with Gasteiger partial charge in [-0.25, -0.2) is 9.78 Å². The Kier molecular flexibility index (Phi) is 5.61. The van der Waals surface area contributed by atoms with E-state index in [2.05, 4.69) is 20.9 Å². The number of carbonyl (C=O) groups excluding carboxylic acids is 1. The molecular formula is C14H11BrClNO5S. The quantitative estimate of drug-likeness (QED) is 0.419. The summed E-state index contributed by atoms with van der Waals surface area (Å²) in [6, 6.07) is 6.80. The molecule has 1 aromatic heterocycles. The van der Waals surface area contributed by atoms with Crippen LogP contribution in [-0.2, 0) is 14.9 Å². The molecule has 23 heavy (non-hydrogen) atoms. The van der Waals surface area contributed by atoms with Gasteiger partial charge in [-0.05, 0) is 53.2 Å². The summed E-state index contributed by atoms with van der Waals surface area (Å²) < 4.78 is 34.8. The summed E-state index contributed by atoms with van der Waals surface area (Å²) in [5.74, 6) is -0.463. The van der Waals surface area contributed by atoms with Gasteiger partial charge < -0.3 is 8.92 Å². The fourth-order valence-corrected chi connectivity index (χ4v) is 3.47. The third-order valence-corrected chi connectivity index (χ3v) is 4.72. The zero-order valence-corrected chi connectivity index (χ0v) is 15.0. The summed E-state index contributed by atoms with van der Waals surface area (Å²) in [4.78, 5) is 15.0. The molecule has 0 aliphatic carbocycles. The summed E-state index contributed by atoms with van der Waals surface area (Å²) in [6.45, 7) is 1.94. The lowest BCUT2D eigenvalue weighted by atomic mass is 10.2. The molecular weight excluding hydrogens is 410 g/mol. The van der Waals surface area contributed by atoms with Gasteiger partial charge >= 0.3 is 16.1 Å². The number of hydrogen-bond acceptors (Lipinski definition) is 6. The first-order chi connectivity index (χ1) is 10.8. The second kappa shape index (κ2) is 7.29. The van der Waals surface area contributed by atoms with E-state index in [0.29, 0.717) is 10.0 Å². The molecule has 2 aromatic rings. The lowest BCUT2D eigenvalue weighted by Crippen LogP contribution is -2.11. The highest BCUT2D eigenvalue weighted by atomic mass is 79.9. The molecule has 0 aliphatic rings. The van der Waals surface area contributed by atoms with E-state index in [0.717, 1.165) is 0 Å². The van der Waals surface area contributed by atoms with E-state index in [4.69, 9.17) is 20.5 Å². The minimum absolute atomic E-state index is 0.0362. The summed E-state index contributed by atoms with van der Waals surface area (Å²) in [6.07, 6.45) is 1.37. The Morgan fingerprint density at radius 2 is 1.96 bits per heavy atom. The number of ether oxygens (including phenoxy) is 1. The van der Waals surface area contributed by atoms with Gasteiger partial charge in [-0.3, -0.25) is 0 Å². The normalized spacial score (nSPS) is 11.1. The summed E-state index contributed by atoms with van der Waals surface area (Å²) >= 11 is 8.92. The van der Waals surface area contributed by atoms with Crippen molar-refractivity contribution in [3.8, 4) is 5.75 Å². The maximum absolute atomic E-state index is 12.2. The third-order valence-electron chi connectivity index (χ3n) is 2.61. The van der Waals surface area contributed by atoms with E-state index in [1.54, 1.807) is 6.92 Å². The molecule has 0 spiro atoms. The second-order valence-corrected chi connectivity index (χ2v) is 7.01. The SMILES string of the molecule is CCOC(=O)c1ccc(OS(=O)(=O)c2cc(Br)cnc2Cl)cc1. The molecule has 0 bridgehead atoms. The van der Waals surface area contributed by atoms with Crippen molar-refractivity contribution in [2.45, 2.75) is 11.8 Å². The minimum Gasteiger partial charge on any atom is -0.462 e. The van der Waals surface area contributed by atoms with Crippen LogP contribution in [0.5, 0.6) is 5.75 Å². The van der Waals surface area contributed by atoms with Crippen molar-refractivity contribution < 1.29 is 22.1 Å². The number of hydrogen-bond donors (Lipinski definition) is 0. The number of rotatable bonds is 5. The number of carbonyl (C=O) groups is 1. The van der Waals surface area contributed by atoms with Crippen molar-refractivity contribution in [3.05, 3.63) is 51.7 Å². The fourth-order valence-electron chi connectivity index (χ4n) is 1.61. The monoisotopic (exact) mass is 419 g/mol. The smallest absolute Gasteiger partial charge is 0.342 e. The molecule has 0 radical (unpaired) electrons. The van der Waals surface area contributed by atoms with E-state index < -0.39 is 16.1 Å². The van der Waals surface area contributed by atoms with Crippen LogP contribution < -0.4 is 4.18 Å². The number of halogens is 2. The Hall–Kier alpha value is -1.64. The average molecular weight is 421 g/mol. The molecule has 0 aliphatic heterocycles. The molecule has 122 valence electrons. The first-order valence-electron chi connectivity index (χ1n) is 6.36. The van der Waals surface area contributed by atoms with E-state index in [1.165, 1.54) is 36.5 Å². The predicted molar refractivity (Wildman–Crippen MR) is 87.2 cm³/mol. The van der Waals surface area contributed by atoms with Gasteiger partial charge in [0, 0.05) is 10.7 Å². The summed E-state index contributed by atoms with van der Waals surface area (Å²) in [5.41, 5.74) is 0.291. The van der Waals surface area contributed by atoms with Gasteiger partial charge in [-0.2, -0.15) is 8.42 Å². The fraction of sp³-hybridized carbons (Fsp3) is 0.143. The molecule has 0 N–H and O–H groups in total. The van der Waals surface area contributed by atoms with E-state index in [-0.39, 0.29) is 22.4 Å². The van der Waals surface area contributed by atoms with E-state index >= 15 is 0 Å². The van der Waals surface area contributed by atoms with Crippen LogP contribution in [0.1, 0.15) is 17.3 Å². The van der Waals surface area contributed by atoms with Gasteiger partial charge in [-0.1, -0.05) is 11.6 Å². The molecule has 0 amide bonds. The Bertz CT molecular complexity index is 824. The topological polar surface area (TPSA) is 82.6 Å². The highest BCUT2D eigenvalue weighted by Crippen LogP contribution is 2.26. The Morgan fingerprint density at radius 1 is 1.30 bits per heavy atom. The predicted octanol–water partition coefficient (Wildman–Crippen LogP) is 3.44. The maximum atomic E-state index is 12.2. The molecule has 0 saturated heterocycles. The van der Waals surface area contributed by atoms with Crippen LogP contribution in [0.15, 0.2) is 45.9 Å². The van der Waals surface area contributed by atoms with Crippen LogP contribution in [0.2, 0.25) is 5.15 Å². The zero-order valence-electron chi connectivity index (χ0n) is 11.8. The Labute approximate surface area is 146 Å². The lowest BCUT2D eigenvalue weighted by Gasteiger charge is -2.09. The van der Waals surface area contributed by atoms with Gasteiger partial charge in [0.2, 0.25) is 0 Å². The first-order valence-corrected chi connectivity index (χ1v) is 8.94. The molecule has 0 unspecified atom stereocenters. The Balaban J connectivity index is 2.24. The van der Waals surface area contributed by atoms with Gasteiger partial charge in [0.15, 0.2) is 5.15 Å². The number of pyridine rings is 1. The number of nitrogens with zero attached hydrogens (tertiary/aromatic N) is 1. The standard InChI is InChI=1S/C14H11BrClNO5S/c1-2-21-14(18)9-3-5-11(6-4-9)22-23(19,20)12-7-10(15)8-17-13(12)16/h3-8H,2H2,1H3. The van der Waals surface area contributed by atoms with E-state index in [1.807, 2.05) is 0 Å². The summed E-state index contributed by atoms with van der Waals surface area (Å²) in [7, 11) is -4.15. The first kappa shape index (κ1) is 17.7. The van der Waals surface area contributed by atoms with Gasteiger partial charge in [0.05, 0.1) is 12.2 Å². The lowest BCUT2D eigenvalue weighted by molar-refractivity contribution is 0.0526. The molecule has 6 nitrogen and oxygen atoms in total. The van der Waals surface area contributed by atoms with E-state index in [9.17, 15) is 13.2 Å². The van der Waals surface area contributed by atoms with Gasteiger partial charge in [-0.15, -0.1) is 0 Å². The highest BCUT2D eigenvalue weighted by molar-refractivity contribution is 9.10. The molecule has 0 fully saturated rings.